The van der Waals surface area contributed by atoms with Crippen LogP contribution in [0.4, 0.5) is 0 Å². The lowest BCUT2D eigenvalue weighted by Gasteiger charge is -2.40. The van der Waals surface area contributed by atoms with Crippen molar-refractivity contribution in [3.05, 3.63) is 12.2 Å². The molecule has 2 heteroatoms. The molecule has 0 bridgehead atoms. The SMILES string of the molecule is CCCCC[C@@H]1O[C@@H]([C@H]2CC=CCC2)OC[C@@H]1CC. The smallest absolute Gasteiger partial charge is 0.161 e. The maximum absolute atomic E-state index is 6.32. The number of ether oxygens (including phenoxy) is 2. The second-order valence-corrected chi connectivity index (χ2v) is 6.08. The van der Waals surface area contributed by atoms with Crippen LogP contribution in [0.15, 0.2) is 12.2 Å². The molecular formula is C17H30O2. The van der Waals surface area contributed by atoms with Gasteiger partial charge in [-0.3, -0.25) is 0 Å². The van der Waals surface area contributed by atoms with Crippen LogP contribution in [-0.4, -0.2) is 19.0 Å². The van der Waals surface area contributed by atoms with Crippen LogP contribution in [0.25, 0.3) is 0 Å². The van der Waals surface area contributed by atoms with E-state index in [0.717, 1.165) is 13.0 Å². The van der Waals surface area contributed by atoms with Crippen molar-refractivity contribution in [1.29, 1.82) is 0 Å². The van der Waals surface area contributed by atoms with Gasteiger partial charge in [0.15, 0.2) is 6.29 Å². The summed E-state index contributed by atoms with van der Waals surface area (Å²) in [5.41, 5.74) is 0. The van der Waals surface area contributed by atoms with Crippen molar-refractivity contribution in [1.82, 2.24) is 0 Å². The Bertz CT molecular complexity index is 274. The average Bonchev–Trinajstić information content (AvgIpc) is 2.48. The lowest BCUT2D eigenvalue weighted by molar-refractivity contribution is -0.259. The minimum absolute atomic E-state index is 0.0550. The van der Waals surface area contributed by atoms with Crippen LogP contribution in [0.3, 0.4) is 0 Å². The molecule has 2 nitrogen and oxygen atoms in total. The largest absolute Gasteiger partial charge is 0.352 e. The molecule has 0 radical (unpaired) electrons. The second-order valence-electron chi connectivity index (χ2n) is 6.08. The second kappa shape index (κ2) is 8.06. The van der Waals surface area contributed by atoms with Gasteiger partial charge in [0.25, 0.3) is 0 Å². The van der Waals surface area contributed by atoms with Gasteiger partial charge in [0, 0.05) is 11.8 Å². The fourth-order valence-corrected chi connectivity index (χ4v) is 3.24. The van der Waals surface area contributed by atoms with Gasteiger partial charge in [0.1, 0.15) is 0 Å². The highest BCUT2D eigenvalue weighted by Crippen LogP contribution is 2.32. The third kappa shape index (κ3) is 4.32. The fourth-order valence-electron chi connectivity index (χ4n) is 3.24. The summed E-state index contributed by atoms with van der Waals surface area (Å²) >= 11 is 0. The molecule has 0 N–H and O–H groups in total. The molecule has 1 aliphatic heterocycles. The van der Waals surface area contributed by atoms with E-state index in [2.05, 4.69) is 26.0 Å². The summed E-state index contributed by atoms with van der Waals surface area (Å²) in [6.45, 7) is 5.42. The molecule has 1 saturated heterocycles. The van der Waals surface area contributed by atoms with Crippen molar-refractivity contribution in [3.63, 3.8) is 0 Å². The summed E-state index contributed by atoms with van der Waals surface area (Å²) < 4.78 is 12.3. The molecule has 0 saturated carbocycles. The van der Waals surface area contributed by atoms with Crippen molar-refractivity contribution in [2.24, 2.45) is 11.8 Å². The molecule has 1 fully saturated rings. The van der Waals surface area contributed by atoms with Crippen molar-refractivity contribution in [2.45, 2.75) is 77.6 Å². The molecule has 0 unspecified atom stereocenters. The van der Waals surface area contributed by atoms with E-state index in [1.54, 1.807) is 0 Å². The highest BCUT2D eigenvalue weighted by molar-refractivity contribution is 4.92. The molecule has 1 aliphatic carbocycles. The molecule has 19 heavy (non-hydrogen) atoms. The Labute approximate surface area is 118 Å². The van der Waals surface area contributed by atoms with Gasteiger partial charge >= 0.3 is 0 Å². The molecule has 1 heterocycles. The highest BCUT2D eigenvalue weighted by Gasteiger charge is 2.34. The first kappa shape index (κ1) is 15.1. The first-order valence-corrected chi connectivity index (χ1v) is 8.27. The molecule has 0 amide bonds. The molecule has 2 aliphatic rings. The monoisotopic (exact) mass is 266 g/mol. The van der Waals surface area contributed by atoms with Crippen molar-refractivity contribution < 1.29 is 9.47 Å². The van der Waals surface area contributed by atoms with Gasteiger partial charge in [-0.15, -0.1) is 0 Å². The van der Waals surface area contributed by atoms with E-state index in [1.165, 1.54) is 44.9 Å². The quantitative estimate of drug-likeness (QED) is 0.513. The molecule has 0 aromatic rings. The summed E-state index contributed by atoms with van der Waals surface area (Å²) in [4.78, 5) is 0. The number of rotatable bonds is 6. The predicted molar refractivity (Wildman–Crippen MR) is 79.0 cm³/mol. The third-order valence-electron chi connectivity index (χ3n) is 4.62. The van der Waals surface area contributed by atoms with Crippen molar-refractivity contribution in [3.8, 4) is 0 Å². The van der Waals surface area contributed by atoms with E-state index < -0.39 is 0 Å². The van der Waals surface area contributed by atoms with E-state index in [9.17, 15) is 0 Å². The van der Waals surface area contributed by atoms with Gasteiger partial charge in [-0.25, -0.2) is 0 Å². The zero-order chi connectivity index (χ0) is 13.5. The molecular weight excluding hydrogens is 236 g/mol. The number of unbranched alkanes of at least 4 members (excludes halogenated alkanes) is 2. The predicted octanol–water partition coefficient (Wildman–Crippen LogP) is 4.69. The molecule has 2 rings (SSSR count). The summed E-state index contributed by atoms with van der Waals surface area (Å²) in [5, 5.41) is 0. The van der Waals surface area contributed by atoms with Crippen LogP contribution in [-0.2, 0) is 9.47 Å². The van der Waals surface area contributed by atoms with Crippen LogP contribution in [0.2, 0.25) is 0 Å². The van der Waals surface area contributed by atoms with Crippen LogP contribution in [0, 0.1) is 11.8 Å². The normalized spacial score (nSPS) is 35.5. The zero-order valence-corrected chi connectivity index (χ0v) is 12.6. The topological polar surface area (TPSA) is 18.5 Å². The van der Waals surface area contributed by atoms with Crippen LogP contribution in [0.5, 0.6) is 0 Å². The van der Waals surface area contributed by atoms with E-state index in [-0.39, 0.29) is 6.29 Å². The number of hydrogen-bond acceptors (Lipinski definition) is 2. The summed E-state index contributed by atoms with van der Waals surface area (Å²) in [5.74, 6) is 1.18. The van der Waals surface area contributed by atoms with Gasteiger partial charge < -0.3 is 9.47 Å². The summed E-state index contributed by atoms with van der Waals surface area (Å²) in [6, 6.07) is 0. The Morgan fingerprint density at radius 2 is 2.05 bits per heavy atom. The minimum atomic E-state index is 0.0550. The van der Waals surface area contributed by atoms with Gasteiger partial charge in [-0.2, -0.15) is 0 Å². The van der Waals surface area contributed by atoms with Gasteiger partial charge in [-0.1, -0.05) is 45.3 Å². The van der Waals surface area contributed by atoms with Crippen LogP contribution < -0.4 is 0 Å². The summed E-state index contributed by atoms with van der Waals surface area (Å²) in [6.07, 6.45) is 14.9. The van der Waals surface area contributed by atoms with E-state index in [4.69, 9.17) is 9.47 Å². The fraction of sp³-hybridized carbons (Fsp3) is 0.882. The molecule has 0 aromatic heterocycles. The maximum atomic E-state index is 6.32. The lowest BCUT2D eigenvalue weighted by atomic mass is 9.90. The van der Waals surface area contributed by atoms with Crippen LogP contribution in [0.1, 0.15) is 65.2 Å². The Kier molecular flexibility index (Phi) is 6.39. The standard InChI is InChI=1S/C17H30O2/c1-3-5-7-12-16-14(4-2)13-18-17(19-16)15-10-8-6-9-11-15/h6,8,14-17H,3-5,7,9-13H2,1-2H3/t14-,15-,16-,17-/m0/s1. The average molecular weight is 266 g/mol. The van der Waals surface area contributed by atoms with E-state index >= 15 is 0 Å². The molecule has 110 valence electrons. The highest BCUT2D eigenvalue weighted by atomic mass is 16.7. The molecule has 4 atom stereocenters. The number of allylic oxidation sites excluding steroid dienone is 2. The molecule has 0 spiro atoms. The first-order valence-electron chi connectivity index (χ1n) is 8.27. The molecule has 0 aromatic carbocycles. The Morgan fingerprint density at radius 1 is 1.16 bits per heavy atom. The Balaban J connectivity index is 1.85. The van der Waals surface area contributed by atoms with E-state index in [0.29, 0.717) is 17.9 Å². The van der Waals surface area contributed by atoms with Gasteiger partial charge in [-0.05, 0) is 32.1 Å². The van der Waals surface area contributed by atoms with Crippen molar-refractivity contribution in [2.75, 3.05) is 6.61 Å². The Hall–Kier alpha value is -0.340. The zero-order valence-electron chi connectivity index (χ0n) is 12.6. The minimum Gasteiger partial charge on any atom is -0.352 e. The van der Waals surface area contributed by atoms with Crippen LogP contribution >= 0.6 is 0 Å². The number of hydrogen-bond donors (Lipinski definition) is 0. The maximum Gasteiger partial charge on any atom is 0.161 e. The van der Waals surface area contributed by atoms with Crippen molar-refractivity contribution >= 4 is 0 Å². The first-order chi connectivity index (χ1) is 9.35. The van der Waals surface area contributed by atoms with E-state index in [1.807, 2.05) is 0 Å². The Morgan fingerprint density at radius 3 is 2.74 bits per heavy atom. The van der Waals surface area contributed by atoms with Gasteiger partial charge in [0.2, 0.25) is 0 Å². The lowest BCUT2D eigenvalue weighted by Crippen LogP contribution is -2.43. The van der Waals surface area contributed by atoms with Gasteiger partial charge in [0.05, 0.1) is 12.7 Å². The third-order valence-corrected chi connectivity index (χ3v) is 4.62. The summed E-state index contributed by atoms with van der Waals surface area (Å²) in [7, 11) is 0.